The fourth-order valence-corrected chi connectivity index (χ4v) is 2.23. The Bertz CT molecular complexity index is 530. The van der Waals surface area contributed by atoms with Crippen LogP contribution in [0.1, 0.15) is 36.3 Å². The number of piperazine rings is 1. The lowest BCUT2D eigenvalue weighted by Gasteiger charge is -2.27. The third-order valence-electron chi connectivity index (χ3n) is 3.37. The van der Waals surface area contributed by atoms with Crippen LogP contribution in [-0.2, 0) is 11.2 Å². The van der Waals surface area contributed by atoms with Crippen LogP contribution in [0.3, 0.4) is 0 Å². The van der Waals surface area contributed by atoms with E-state index in [0.29, 0.717) is 18.7 Å². The molecule has 0 radical (unpaired) electrons. The van der Waals surface area contributed by atoms with Gasteiger partial charge in [-0.1, -0.05) is 13.8 Å². The summed E-state index contributed by atoms with van der Waals surface area (Å²) in [6.07, 6.45) is 1.76. The van der Waals surface area contributed by atoms with Gasteiger partial charge in [0.15, 0.2) is 0 Å². The smallest absolute Gasteiger partial charge is 0.254 e. The lowest BCUT2D eigenvalue weighted by molar-refractivity contribution is -0.123. The summed E-state index contributed by atoms with van der Waals surface area (Å²) >= 11 is 0. The van der Waals surface area contributed by atoms with Crippen LogP contribution in [0.4, 0.5) is 5.82 Å². The summed E-state index contributed by atoms with van der Waals surface area (Å²) in [5.41, 5.74) is 1.47. The standard InChI is InChI=1S/C15H22N4O2/c1-3-5-16-13-9-11(8-12(4-2)18-13)15(21)19-7-6-17-14(20)10-19/h8-9H,3-7,10H2,1-2H3,(H,16,18)(H,17,20). The molecule has 2 amide bonds. The first kappa shape index (κ1) is 15.3. The Balaban J connectivity index is 2.20. The Morgan fingerprint density at radius 2 is 2.24 bits per heavy atom. The highest BCUT2D eigenvalue weighted by atomic mass is 16.2. The number of hydrogen-bond donors (Lipinski definition) is 2. The number of pyridine rings is 1. The lowest BCUT2D eigenvalue weighted by Crippen LogP contribution is -2.50. The molecule has 1 aromatic rings. The molecule has 1 aliphatic rings. The van der Waals surface area contributed by atoms with Gasteiger partial charge in [0.25, 0.3) is 5.91 Å². The molecule has 1 fully saturated rings. The lowest BCUT2D eigenvalue weighted by atomic mass is 10.1. The van der Waals surface area contributed by atoms with Crippen molar-refractivity contribution in [3.63, 3.8) is 0 Å². The fourth-order valence-electron chi connectivity index (χ4n) is 2.23. The Kier molecular flexibility index (Phi) is 5.14. The maximum atomic E-state index is 12.5. The average Bonchev–Trinajstić information content (AvgIpc) is 2.51. The molecule has 6 nitrogen and oxygen atoms in total. The molecule has 0 bridgehead atoms. The van der Waals surface area contributed by atoms with Crippen LogP contribution < -0.4 is 10.6 Å². The minimum Gasteiger partial charge on any atom is -0.370 e. The Morgan fingerprint density at radius 1 is 1.43 bits per heavy atom. The van der Waals surface area contributed by atoms with Gasteiger partial charge in [-0.25, -0.2) is 4.98 Å². The summed E-state index contributed by atoms with van der Waals surface area (Å²) in [5, 5.41) is 5.94. The van der Waals surface area contributed by atoms with Crippen molar-refractivity contribution in [2.45, 2.75) is 26.7 Å². The maximum absolute atomic E-state index is 12.5. The van der Waals surface area contributed by atoms with Gasteiger partial charge < -0.3 is 15.5 Å². The Morgan fingerprint density at radius 3 is 2.90 bits per heavy atom. The molecule has 2 rings (SSSR count). The molecule has 0 aliphatic carbocycles. The van der Waals surface area contributed by atoms with E-state index in [2.05, 4.69) is 22.5 Å². The highest BCUT2D eigenvalue weighted by molar-refractivity contribution is 5.97. The van der Waals surface area contributed by atoms with Crippen LogP contribution in [0.5, 0.6) is 0 Å². The number of aromatic nitrogens is 1. The predicted octanol–water partition coefficient (Wildman–Crippen LogP) is 1.04. The second-order valence-electron chi connectivity index (χ2n) is 5.09. The first-order chi connectivity index (χ1) is 10.1. The van der Waals surface area contributed by atoms with Gasteiger partial charge in [-0.15, -0.1) is 0 Å². The van der Waals surface area contributed by atoms with Crippen LogP contribution in [0, 0.1) is 0 Å². The van der Waals surface area contributed by atoms with Gasteiger partial charge in [0.05, 0.1) is 6.54 Å². The monoisotopic (exact) mass is 290 g/mol. The van der Waals surface area contributed by atoms with E-state index in [4.69, 9.17) is 0 Å². The van der Waals surface area contributed by atoms with Crippen LogP contribution in [0.15, 0.2) is 12.1 Å². The second kappa shape index (κ2) is 7.06. The topological polar surface area (TPSA) is 74.3 Å². The van der Waals surface area contributed by atoms with Gasteiger partial charge in [-0.05, 0) is 25.0 Å². The first-order valence-corrected chi connectivity index (χ1v) is 7.44. The zero-order chi connectivity index (χ0) is 15.2. The van der Waals surface area contributed by atoms with E-state index < -0.39 is 0 Å². The summed E-state index contributed by atoms with van der Waals surface area (Å²) < 4.78 is 0. The van der Waals surface area contributed by atoms with Crippen LogP contribution >= 0.6 is 0 Å². The third-order valence-corrected chi connectivity index (χ3v) is 3.37. The van der Waals surface area contributed by atoms with Crippen molar-refractivity contribution in [2.75, 3.05) is 31.5 Å². The number of nitrogens with zero attached hydrogens (tertiary/aromatic N) is 2. The zero-order valence-electron chi connectivity index (χ0n) is 12.6. The summed E-state index contributed by atoms with van der Waals surface area (Å²) in [6.45, 7) is 6.09. The number of amides is 2. The van der Waals surface area contributed by atoms with Crippen molar-refractivity contribution in [3.05, 3.63) is 23.4 Å². The van der Waals surface area contributed by atoms with Crippen LogP contribution in [0.2, 0.25) is 0 Å². The van der Waals surface area contributed by atoms with E-state index in [0.717, 1.165) is 30.9 Å². The molecule has 0 aromatic carbocycles. The van der Waals surface area contributed by atoms with Gasteiger partial charge in [-0.2, -0.15) is 0 Å². The van der Waals surface area contributed by atoms with Crippen molar-refractivity contribution in [1.82, 2.24) is 15.2 Å². The maximum Gasteiger partial charge on any atom is 0.254 e. The van der Waals surface area contributed by atoms with Gasteiger partial charge in [0.1, 0.15) is 5.82 Å². The zero-order valence-corrected chi connectivity index (χ0v) is 12.6. The van der Waals surface area contributed by atoms with Gasteiger partial charge in [0, 0.05) is 30.9 Å². The predicted molar refractivity (Wildman–Crippen MR) is 81.3 cm³/mol. The van der Waals surface area contributed by atoms with E-state index in [1.807, 2.05) is 13.0 Å². The van der Waals surface area contributed by atoms with E-state index in [1.54, 1.807) is 11.0 Å². The van der Waals surface area contributed by atoms with Crippen molar-refractivity contribution >= 4 is 17.6 Å². The van der Waals surface area contributed by atoms with Gasteiger partial charge in [-0.3, -0.25) is 9.59 Å². The number of nitrogens with one attached hydrogen (secondary N) is 2. The van der Waals surface area contributed by atoms with Crippen molar-refractivity contribution in [3.8, 4) is 0 Å². The SMILES string of the molecule is CCCNc1cc(C(=O)N2CCNC(=O)C2)cc(CC)n1. The molecule has 1 aromatic heterocycles. The summed E-state index contributed by atoms with van der Waals surface area (Å²) in [7, 11) is 0. The molecular formula is C15H22N4O2. The molecule has 114 valence electrons. The third kappa shape index (κ3) is 3.93. The molecule has 1 aliphatic heterocycles. The molecule has 21 heavy (non-hydrogen) atoms. The number of anilines is 1. The second-order valence-corrected chi connectivity index (χ2v) is 5.09. The highest BCUT2D eigenvalue weighted by Crippen LogP contribution is 2.14. The Hall–Kier alpha value is -2.11. The quantitative estimate of drug-likeness (QED) is 0.849. The first-order valence-electron chi connectivity index (χ1n) is 7.44. The molecule has 2 heterocycles. The van der Waals surface area contributed by atoms with E-state index >= 15 is 0 Å². The molecule has 6 heteroatoms. The molecule has 0 saturated carbocycles. The minimum atomic E-state index is -0.110. The molecular weight excluding hydrogens is 268 g/mol. The van der Waals surface area contributed by atoms with Crippen LogP contribution in [-0.4, -0.2) is 47.9 Å². The normalized spacial score (nSPS) is 14.8. The summed E-state index contributed by atoms with van der Waals surface area (Å²) in [5.74, 6) is 0.506. The van der Waals surface area contributed by atoms with E-state index in [1.165, 1.54) is 0 Å². The van der Waals surface area contributed by atoms with E-state index in [9.17, 15) is 9.59 Å². The number of aryl methyl sites for hydroxylation is 1. The number of carbonyl (C=O) groups is 2. The summed E-state index contributed by atoms with van der Waals surface area (Å²) in [6, 6.07) is 3.58. The van der Waals surface area contributed by atoms with Gasteiger partial charge >= 0.3 is 0 Å². The molecule has 0 unspecified atom stereocenters. The van der Waals surface area contributed by atoms with Gasteiger partial charge in [0.2, 0.25) is 5.91 Å². The van der Waals surface area contributed by atoms with Crippen molar-refractivity contribution < 1.29 is 9.59 Å². The van der Waals surface area contributed by atoms with E-state index in [-0.39, 0.29) is 18.4 Å². The number of hydrogen-bond acceptors (Lipinski definition) is 4. The minimum absolute atomic E-state index is 0.108. The fraction of sp³-hybridized carbons (Fsp3) is 0.533. The van der Waals surface area contributed by atoms with Crippen molar-refractivity contribution in [2.24, 2.45) is 0 Å². The number of rotatable bonds is 5. The largest absolute Gasteiger partial charge is 0.370 e. The molecule has 1 saturated heterocycles. The molecule has 2 N–H and O–H groups in total. The molecule has 0 spiro atoms. The van der Waals surface area contributed by atoms with Crippen LogP contribution in [0.25, 0.3) is 0 Å². The van der Waals surface area contributed by atoms with Crippen molar-refractivity contribution in [1.29, 1.82) is 0 Å². The average molecular weight is 290 g/mol. The molecule has 0 atom stereocenters. The number of carbonyl (C=O) groups excluding carboxylic acids is 2. The Labute approximate surface area is 124 Å². The summed E-state index contributed by atoms with van der Waals surface area (Å²) in [4.78, 5) is 30.0. The highest BCUT2D eigenvalue weighted by Gasteiger charge is 2.23.